The number of rotatable bonds is 1. The predicted octanol–water partition coefficient (Wildman–Crippen LogP) is 1.61. The van der Waals surface area contributed by atoms with E-state index in [1.54, 1.807) is 18.2 Å². The van der Waals surface area contributed by atoms with Crippen LogP contribution in [0.5, 0.6) is 11.5 Å². The van der Waals surface area contributed by atoms with Crippen LogP contribution >= 0.6 is 0 Å². The lowest BCUT2D eigenvalue weighted by Crippen LogP contribution is -2.42. The minimum absolute atomic E-state index is 0.132. The predicted molar refractivity (Wildman–Crippen MR) is 46.2 cm³/mol. The van der Waals surface area contributed by atoms with Gasteiger partial charge in [-0.25, -0.2) is 4.39 Å². The van der Waals surface area contributed by atoms with Gasteiger partial charge in [-0.3, -0.25) is 0 Å². The van der Waals surface area contributed by atoms with Gasteiger partial charge in [0.05, 0.1) is 13.2 Å². The first-order valence-electron chi connectivity index (χ1n) is 4.45. The van der Waals surface area contributed by atoms with Gasteiger partial charge in [0.1, 0.15) is 0 Å². The highest BCUT2D eigenvalue weighted by Gasteiger charge is 2.41. The van der Waals surface area contributed by atoms with Gasteiger partial charge < -0.3 is 14.2 Å². The van der Waals surface area contributed by atoms with E-state index in [9.17, 15) is 4.39 Å². The maximum absolute atomic E-state index is 13.9. The van der Waals surface area contributed by atoms with Gasteiger partial charge >= 0.3 is 0 Å². The number of halogens is 1. The van der Waals surface area contributed by atoms with E-state index in [1.165, 1.54) is 0 Å². The molecule has 2 aliphatic heterocycles. The summed E-state index contributed by atoms with van der Waals surface area (Å²) in [6, 6.07) is 5.14. The summed E-state index contributed by atoms with van der Waals surface area (Å²) in [6.45, 7) is 0.480. The molecule has 4 heteroatoms. The lowest BCUT2D eigenvalue weighted by atomic mass is 9.94. The topological polar surface area (TPSA) is 27.7 Å². The average molecular weight is 196 g/mol. The Morgan fingerprint density at radius 3 is 2.64 bits per heavy atom. The molecule has 0 radical (unpaired) electrons. The van der Waals surface area contributed by atoms with E-state index >= 15 is 0 Å². The van der Waals surface area contributed by atoms with Crippen molar-refractivity contribution in [3.8, 4) is 11.5 Å². The Balaban J connectivity index is 2.00. The molecule has 0 saturated carbocycles. The van der Waals surface area contributed by atoms with Crippen LogP contribution in [-0.2, 0) is 10.4 Å². The molecule has 0 bridgehead atoms. The minimum Gasteiger partial charge on any atom is -0.454 e. The zero-order chi connectivity index (χ0) is 9.60. The number of hydrogen-bond acceptors (Lipinski definition) is 3. The number of hydrogen-bond donors (Lipinski definition) is 0. The molecular weight excluding hydrogens is 187 g/mol. The molecule has 0 unspecified atom stereocenters. The van der Waals surface area contributed by atoms with Gasteiger partial charge in [0.2, 0.25) is 6.79 Å². The molecule has 0 aliphatic carbocycles. The summed E-state index contributed by atoms with van der Waals surface area (Å²) in [7, 11) is 0. The molecule has 2 aliphatic rings. The highest BCUT2D eigenvalue weighted by Crippen LogP contribution is 2.40. The smallest absolute Gasteiger partial charge is 0.231 e. The fraction of sp³-hybridized carbons (Fsp3) is 0.400. The van der Waals surface area contributed by atoms with Crippen LogP contribution in [0, 0.1) is 0 Å². The van der Waals surface area contributed by atoms with E-state index in [0.29, 0.717) is 17.1 Å². The van der Waals surface area contributed by atoms with Crippen LogP contribution in [0.25, 0.3) is 0 Å². The first kappa shape index (κ1) is 8.05. The van der Waals surface area contributed by atoms with Gasteiger partial charge in [-0.05, 0) is 17.7 Å². The summed E-state index contributed by atoms with van der Waals surface area (Å²) < 4.78 is 29.1. The van der Waals surface area contributed by atoms with E-state index in [1.807, 2.05) is 0 Å². The molecule has 74 valence electrons. The van der Waals surface area contributed by atoms with Gasteiger partial charge in [-0.15, -0.1) is 0 Å². The SMILES string of the molecule is FC1(c2ccc3c(c2)OCO3)COC1. The summed E-state index contributed by atoms with van der Waals surface area (Å²) >= 11 is 0. The normalized spacial score (nSPS) is 21.8. The number of ether oxygens (including phenoxy) is 3. The average Bonchev–Trinajstić information content (AvgIpc) is 2.60. The molecule has 0 amide bonds. The number of fused-ring (bicyclic) bond motifs is 1. The third-order valence-corrected chi connectivity index (χ3v) is 2.55. The second-order valence-electron chi connectivity index (χ2n) is 3.53. The van der Waals surface area contributed by atoms with Gasteiger partial charge in [0.25, 0.3) is 0 Å². The second-order valence-corrected chi connectivity index (χ2v) is 3.53. The van der Waals surface area contributed by atoms with Crippen LogP contribution in [0.1, 0.15) is 5.56 Å². The summed E-state index contributed by atoms with van der Waals surface area (Å²) in [5.41, 5.74) is -0.728. The quantitative estimate of drug-likeness (QED) is 0.683. The Bertz CT molecular complexity index is 374. The fourth-order valence-electron chi connectivity index (χ4n) is 1.62. The van der Waals surface area contributed by atoms with Crippen molar-refractivity contribution in [3.05, 3.63) is 23.8 Å². The van der Waals surface area contributed by atoms with Crippen LogP contribution in [0.15, 0.2) is 18.2 Å². The highest BCUT2D eigenvalue weighted by atomic mass is 19.1. The summed E-state index contributed by atoms with van der Waals surface area (Å²) in [6.07, 6.45) is 0. The van der Waals surface area contributed by atoms with E-state index in [0.717, 1.165) is 0 Å². The maximum Gasteiger partial charge on any atom is 0.231 e. The Labute approximate surface area is 80.4 Å². The van der Waals surface area contributed by atoms with E-state index in [-0.39, 0.29) is 20.0 Å². The van der Waals surface area contributed by atoms with Crippen molar-refractivity contribution in [3.63, 3.8) is 0 Å². The molecule has 14 heavy (non-hydrogen) atoms. The summed E-state index contributed by atoms with van der Waals surface area (Å²) in [5, 5.41) is 0. The maximum atomic E-state index is 13.9. The molecule has 0 aromatic heterocycles. The largest absolute Gasteiger partial charge is 0.454 e. The zero-order valence-corrected chi connectivity index (χ0v) is 7.46. The molecule has 0 N–H and O–H groups in total. The van der Waals surface area contributed by atoms with Gasteiger partial charge in [0, 0.05) is 0 Å². The summed E-state index contributed by atoms with van der Waals surface area (Å²) in [4.78, 5) is 0. The van der Waals surface area contributed by atoms with E-state index in [2.05, 4.69) is 0 Å². The Morgan fingerprint density at radius 1 is 1.14 bits per heavy atom. The van der Waals surface area contributed by atoms with Crippen molar-refractivity contribution < 1.29 is 18.6 Å². The Hall–Kier alpha value is -1.29. The molecule has 0 spiro atoms. The zero-order valence-electron chi connectivity index (χ0n) is 7.46. The Morgan fingerprint density at radius 2 is 1.93 bits per heavy atom. The second kappa shape index (κ2) is 2.60. The molecule has 1 aromatic carbocycles. The third-order valence-electron chi connectivity index (χ3n) is 2.55. The minimum atomic E-state index is -1.33. The molecule has 1 aromatic rings. The van der Waals surface area contributed by atoms with Crippen molar-refractivity contribution in [1.82, 2.24) is 0 Å². The van der Waals surface area contributed by atoms with Gasteiger partial charge in [-0.1, -0.05) is 6.07 Å². The molecular formula is C10H9FO3. The number of benzene rings is 1. The molecule has 1 fully saturated rings. The molecule has 3 rings (SSSR count). The van der Waals surface area contributed by atoms with Crippen molar-refractivity contribution in [2.75, 3.05) is 20.0 Å². The first-order valence-corrected chi connectivity index (χ1v) is 4.45. The lowest BCUT2D eigenvalue weighted by molar-refractivity contribution is -0.135. The molecule has 0 atom stereocenters. The van der Waals surface area contributed by atoms with E-state index < -0.39 is 5.67 Å². The third kappa shape index (κ3) is 1.00. The van der Waals surface area contributed by atoms with Gasteiger partial charge in [-0.2, -0.15) is 0 Å². The molecule has 2 heterocycles. The van der Waals surface area contributed by atoms with Crippen LogP contribution in [0.2, 0.25) is 0 Å². The fourth-order valence-corrected chi connectivity index (χ4v) is 1.62. The first-order chi connectivity index (χ1) is 6.78. The standard InChI is InChI=1S/C10H9FO3/c11-10(4-12-5-10)7-1-2-8-9(3-7)14-6-13-8/h1-3H,4-6H2. The van der Waals surface area contributed by atoms with Gasteiger partial charge in [0.15, 0.2) is 17.2 Å². The number of alkyl halides is 1. The van der Waals surface area contributed by atoms with Crippen molar-refractivity contribution in [2.24, 2.45) is 0 Å². The highest BCUT2D eigenvalue weighted by molar-refractivity contribution is 5.46. The Kier molecular flexibility index (Phi) is 1.50. The van der Waals surface area contributed by atoms with Crippen LogP contribution in [0.3, 0.4) is 0 Å². The van der Waals surface area contributed by atoms with E-state index in [4.69, 9.17) is 14.2 Å². The lowest BCUT2D eigenvalue weighted by Gasteiger charge is -2.34. The summed E-state index contributed by atoms with van der Waals surface area (Å²) in [5.74, 6) is 1.30. The van der Waals surface area contributed by atoms with Crippen LogP contribution < -0.4 is 9.47 Å². The van der Waals surface area contributed by atoms with Crippen molar-refractivity contribution >= 4 is 0 Å². The molecule has 3 nitrogen and oxygen atoms in total. The monoisotopic (exact) mass is 196 g/mol. The molecule has 1 saturated heterocycles. The van der Waals surface area contributed by atoms with Crippen molar-refractivity contribution in [2.45, 2.75) is 5.67 Å². The van der Waals surface area contributed by atoms with Crippen LogP contribution in [0.4, 0.5) is 4.39 Å². The van der Waals surface area contributed by atoms with Crippen LogP contribution in [-0.4, -0.2) is 20.0 Å². The van der Waals surface area contributed by atoms with Crippen molar-refractivity contribution in [1.29, 1.82) is 0 Å².